The Kier molecular flexibility index (Phi) is 3.44. The third kappa shape index (κ3) is 2.92. The highest BCUT2D eigenvalue weighted by Crippen LogP contribution is 2.34. The summed E-state index contributed by atoms with van der Waals surface area (Å²) in [7, 11) is 0. The summed E-state index contributed by atoms with van der Waals surface area (Å²) >= 11 is 0. The second-order valence-electron chi connectivity index (χ2n) is 5.30. The Hall–Kier alpha value is -1.89. The molecule has 21 heavy (non-hydrogen) atoms. The molecule has 1 aliphatic carbocycles. The van der Waals surface area contributed by atoms with Crippen LogP contribution in [0.4, 0.5) is 13.2 Å². The van der Waals surface area contributed by atoms with Gasteiger partial charge in [0.1, 0.15) is 0 Å². The summed E-state index contributed by atoms with van der Waals surface area (Å²) in [5.74, 6) is 0.735. The highest BCUT2D eigenvalue weighted by atomic mass is 19.4. The van der Waals surface area contributed by atoms with E-state index in [-0.39, 0.29) is 17.8 Å². The molecule has 1 heterocycles. The number of hydrogen-bond donors (Lipinski definition) is 1. The monoisotopic (exact) mass is 297 g/mol. The lowest BCUT2D eigenvalue weighted by Crippen LogP contribution is -2.14. The van der Waals surface area contributed by atoms with Gasteiger partial charge in [-0.15, -0.1) is 0 Å². The number of alkyl halides is 3. The van der Waals surface area contributed by atoms with Crippen molar-refractivity contribution < 1.29 is 17.7 Å². The van der Waals surface area contributed by atoms with Crippen LogP contribution in [0.3, 0.4) is 0 Å². The standard InChI is InChI=1S/C14H14F3N3O/c15-14(16,17)10-3-1-2-8(6-10)12-19-13(21-20-12)9-4-5-11(18)7-9/h1-3,6,9,11H,4-5,7,18H2/t9-,11+/m1/s1. The van der Waals surface area contributed by atoms with Gasteiger partial charge in [-0.3, -0.25) is 0 Å². The van der Waals surface area contributed by atoms with Crippen molar-refractivity contribution >= 4 is 0 Å². The van der Waals surface area contributed by atoms with Crippen LogP contribution in [0, 0.1) is 0 Å². The topological polar surface area (TPSA) is 64.9 Å². The van der Waals surface area contributed by atoms with Gasteiger partial charge in [0.15, 0.2) is 0 Å². The minimum Gasteiger partial charge on any atom is -0.339 e. The predicted octanol–water partition coefficient (Wildman–Crippen LogP) is 3.35. The van der Waals surface area contributed by atoms with Crippen molar-refractivity contribution in [2.24, 2.45) is 5.73 Å². The summed E-state index contributed by atoms with van der Waals surface area (Å²) in [5, 5.41) is 3.78. The summed E-state index contributed by atoms with van der Waals surface area (Å²) < 4.78 is 43.3. The average Bonchev–Trinajstić information content (AvgIpc) is 3.06. The molecule has 0 spiro atoms. The molecule has 2 atom stereocenters. The van der Waals surface area contributed by atoms with E-state index in [0.29, 0.717) is 11.5 Å². The van der Waals surface area contributed by atoms with Gasteiger partial charge in [-0.05, 0) is 31.4 Å². The second-order valence-corrected chi connectivity index (χ2v) is 5.30. The lowest BCUT2D eigenvalue weighted by Gasteiger charge is -2.06. The highest BCUT2D eigenvalue weighted by Gasteiger charge is 2.31. The maximum absolute atomic E-state index is 12.7. The molecule has 1 aromatic heterocycles. The molecular weight excluding hydrogens is 283 g/mol. The molecule has 2 aromatic rings. The molecule has 0 amide bonds. The fourth-order valence-electron chi connectivity index (χ4n) is 2.59. The lowest BCUT2D eigenvalue weighted by atomic mass is 10.1. The Morgan fingerprint density at radius 3 is 2.71 bits per heavy atom. The number of nitrogens with zero attached hydrogens (tertiary/aromatic N) is 2. The smallest absolute Gasteiger partial charge is 0.339 e. The molecule has 112 valence electrons. The van der Waals surface area contributed by atoms with Gasteiger partial charge in [0.2, 0.25) is 11.7 Å². The largest absolute Gasteiger partial charge is 0.416 e. The number of nitrogens with two attached hydrogens (primary N) is 1. The Morgan fingerprint density at radius 2 is 2.05 bits per heavy atom. The van der Waals surface area contributed by atoms with Crippen molar-refractivity contribution in [1.29, 1.82) is 0 Å². The van der Waals surface area contributed by atoms with Gasteiger partial charge in [0, 0.05) is 17.5 Å². The molecule has 4 nitrogen and oxygen atoms in total. The van der Waals surface area contributed by atoms with Crippen LogP contribution in [-0.2, 0) is 6.18 Å². The molecule has 0 aliphatic heterocycles. The Morgan fingerprint density at radius 1 is 1.24 bits per heavy atom. The molecular formula is C14H14F3N3O. The van der Waals surface area contributed by atoms with Crippen LogP contribution in [0.5, 0.6) is 0 Å². The molecule has 1 aromatic carbocycles. The SMILES string of the molecule is N[C@H]1CC[C@@H](c2nc(-c3cccc(C(F)(F)F)c3)no2)C1. The van der Waals surface area contributed by atoms with Crippen molar-refractivity contribution in [3.63, 3.8) is 0 Å². The van der Waals surface area contributed by atoms with E-state index in [0.717, 1.165) is 31.4 Å². The van der Waals surface area contributed by atoms with E-state index < -0.39 is 11.7 Å². The molecule has 3 rings (SSSR count). The molecule has 1 saturated carbocycles. The fraction of sp³-hybridized carbons (Fsp3) is 0.429. The maximum Gasteiger partial charge on any atom is 0.416 e. The van der Waals surface area contributed by atoms with Crippen LogP contribution in [0.1, 0.15) is 36.6 Å². The van der Waals surface area contributed by atoms with Gasteiger partial charge in [-0.2, -0.15) is 18.2 Å². The second kappa shape index (κ2) is 5.14. The van der Waals surface area contributed by atoms with Crippen LogP contribution in [-0.4, -0.2) is 16.2 Å². The van der Waals surface area contributed by atoms with Gasteiger partial charge in [-0.1, -0.05) is 17.3 Å². The number of halogens is 3. The van der Waals surface area contributed by atoms with Crippen molar-refractivity contribution in [2.75, 3.05) is 0 Å². The van der Waals surface area contributed by atoms with Crippen molar-refractivity contribution in [3.8, 4) is 11.4 Å². The molecule has 7 heteroatoms. The molecule has 2 N–H and O–H groups in total. The van der Waals surface area contributed by atoms with Gasteiger partial charge >= 0.3 is 6.18 Å². The summed E-state index contributed by atoms with van der Waals surface area (Å²) in [6, 6.07) is 5.03. The van der Waals surface area contributed by atoms with Gasteiger partial charge in [0.25, 0.3) is 0 Å². The van der Waals surface area contributed by atoms with E-state index >= 15 is 0 Å². The Bertz CT molecular complexity index is 638. The van der Waals surface area contributed by atoms with E-state index in [2.05, 4.69) is 10.1 Å². The Balaban J connectivity index is 1.86. The first-order valence-corrected chi connectivity index (χ1v) is 6.70. The minimum absolute atomic E-state index is 0.104. The zero-order valence-electron chi connectivity index (χ0n) is 11.1. The summed E-state index contributed by atoms with van der Waals surface area (Å²) in [5.41, 5.74) is 5.40. The zero-order valence-corrected chi connectivity index (χ0v) is 11.1. The van der Waals surface area contributed by atoms with Gasteiger partial charge in [-0.25, -0.2) is 0 Å². The van der Waals surface area contributed by atoms with Crippen molar-refractivity contribution in [1.82, 2.24) is 10.1 Å². The van der Waals surface area contributed by atoms with Gasteiger partial charge in [0.05, 0.1) is 5.56 Å². The Labute approximate surface area is 119 Å². The molecule has 0 bridgehead atoms. The van der Waals surface area contributed by atoms with Crippen LogP contribution in [0.2, 0.25) is 0 Å². The lowest BCUT2D eigenvalue weighted by molar-refractivity contribution is -0.137. The molecule has 1 fully saturated rings. The molecule has 0 saturated heterocycles. The summed E-state index contributed by atoms with van der Waals surface area (Å²) in [4.78, 5) is 4.22. The van der Waals surface area contributed by atoms with E-state index in [1.54, 1.807) is 0 Å². The summed E-state index contributed by atoms with van der Waals surface area (Å²) in [6.45, 7) is 0. The summed E-state index contributed by atoms with van der Waals surface area (Å²) in [6.07, 6.45) is -1.86. The first-order valence-electron chi connectivity index (χ1n) is 6.70. The molecule has 0 radical (unpaired) electrons. The van der Waals surface area contributed by atoms with E-state index in [1.165, 1.54) is 12.1 Å². The van der Waals surface area contributed by atoms with Crippen molar-refractivity contribution in [3.05, 3.63) is 35.7 Å². The number of aromatic nitrogens is 2. The normalized spacial score (nSPS) is 22.7. The molecule has 0 unspecified atom stereocenters. The number of benzene rings is 1. The zero-order chi connectivity index (χ0) is 15.0. The maximum atomic E-state index is 12.7. The fourth-order valence-corrected chi connectivity index (χ4v) is 2.59. The quantitative estimate of drug-likeness (QED) is 0.923. The first-order chi connectivity index (χ1) is 9.93. The highest BCUT2D eigenvalue weighted by molar-refractivity contribution is 5.55. The molecule has 1 aliphatic rings. The number of rotatable bonds is 2. The van der Waals surface area contributed by atoms with E-state index in [1.807, 2.05) is 0 Å². The van der Waals surface area contributed by atoms with E-state index in [4.69, 9.17) is 10.3 Å². The van der Waals surface area contributed by atoms with Crippen LogP contribution in [0.25, 0.3) is 11.4 Å². The van der Waals surface area contributed by atoms with Crippen LogP contribution >= 0.6 is 0 Å². The van der Waals surface area contributed by atoms with Crippen LogP contribution < -0.4 is 5.73 Å². The van der Waals surface area contributed by atoms with Crippen molar-refractivity contribution in [2.45, 2.75) is 37.4 Å². The minimum atomic E-state index is -4.39. The third-order valence-electron chi connectivity index (χ3n) is 3.71. The predicted molar refractivity (Wildman–Crippen MR) is 69.3 cm³/mol. The van der Waals surface area contributed by atoms with E-state index in [9.17, 15) is 13.2 Å². The number of hydrogen-bond acceptors (Lipinski definition) is 4. The van der Waals surface area contributed by atoms with Crippen LogP contribution in [0.15, 0.2) is 28.8 Å². The third-order valence-corrected chi connectivity index (χ3v) is 3.71. The average molecular weight is 297 g/mol. The first kappa shape index (κ1) is 14.1. The van der Waals surface area contributed by atoms with Gasteiger partial charge < -0.3 is 10.3 Å².